The fourth-order valence-corrected chi connectivity index (χ4v) is 2.43. The number of likely N-dealkylation sites (N-methyl/N-ethyl adjacent to an activating group) is 1. The van der Waals surface area contributed by atoms with E-state index in [4.69, 9.17) is 0 Å². The Bertz CT molecular complexity index is 326. The minimum atomic E-state index is 0.633. The van der Waals surface area contributed by atoms with E-state index >= 15 is 0 Å². The molecular formula is C12H21N3. The summed E-state index contributed by atoms with van der Waals surface area (Å²) in [6, 6.07) is 2.83. The molecule has 1 saturated carbocycles. The van der Waals surface area contributed by atoms with Crippen molar-refractivity contribution in [2.24, 2.45) is 13.0 Å². The molecule has 0 bridgehead atoms. The van der Waals surface area contributed by atoms with Gasteiger partial charge in [-0.05, 0) is 38.8 Å². The Morgan fingerprint density at radius 3 is 2.73 bits per heavy atom. The average molecular weight is 207 g/mol. The van der Waals surface area contributed by atoms with Crippen molar-refractivity contribution in [2.75, 3.05) is 7.05 Å². The molecule has 1 fully saturated rings. The lowest BCUT2D eigenvalue weighted by atomic mass is 9.78. The molecule has 2 rings (SSSR count). The fourth-order valence-electron chi connectivity index (χ4n) is 2.43. The van der Waals surface area contributed by atoms with Crippen LogP contribution in [-0.2, 0) is 13.5 Å². The van der Waals surface area contributed by atoms with Crippen molar-refractivity contribution in [3.05, 3.63) is 17.5 Å². The molecule has 1 aromatic rings. The molecule has 1 atom stereocenters. The lowest BCUT2D eigenvalue weighted by molar-refractivity contribution is 0.233. The molecule has 84 valence electrons. The molecule has 0 amide bonds. The van der Waals surface area contributed by atoms with Crippen LogP contribution >= 0.6 is 0 Å². The summed E-state index contributed by atoms with van der Waals surface area (Å²) in [6.45, 7) is 2.06. The van der Waals surface area contributed by atoms with Gasteiger partial charge < -0.3 is 5.32 Å². The standard InChI is InChI=1S/C12H21N3/c1-9-7-11(15(3)14-9)8-12(13-2)10-5-4-6-10/h7,10,12-13H,4-6,8H2,1-3H3. The van der Waals surface area contributed by atoms with E-state index in [1.807, 2.05) is 11.7 Å². The monoisotopic (exact) mass is 207 g/mol. The highest BCUT2D eigenvalue weighted by Crippen LogP contribution is 2.30. The summed E-state index contributed by atoms with van der Waals surface area (Å²) in [7, 11) is 4.11. The van der Waals surface area contributed by atoms with Gasteiger partial charge in [-0.25, -0.2) is 0 Å². The maximum atomic E-state index is 4.39. The van der Waals surface area contributed by atoms with Crippen LogP contribution in [0.3, 0.4) is 0 Å². The zero-order valence-corrected chi connectivity index (χ0v) is 9.95. The van der Waals surface area contributed by atoms with Crippen LogP contribution in [0.4, 0.5) is 0 Å². The first-order valence-corrected chi connectivity index (χ1v) is 5.87. The molecule has 0 aromatic carbocycles. The normalized spacial score (nSPS) is 18.9. The maximum Gasteiger partial charge on any atom is 0.0596 e. The van der Waals surface area contributed by atoms with E-state index in [1.54, 1.807) is 0 Å². The first-order chi connectivity index (χ1) is 7.20. The highest BCUT2D eigenvalue weighted by atomic mass is 15.3. The highest BCUT2D eigenvalue weighted by Gasteiger charge is 2.26. The summed E-state index contributed by atoms with van der Waals surface area (Å²) in [5.41, 5.74) is 2.47. The van der Waals surface area contributed by atoms with E-state index in [0.29, 0.717) is 6.04 Å². The van der Waals surface area contributed by atoms with Gasteiger partial charge in [0.25, 0.3) is 0 Å². The Balaban J connectivity index is 2.02. The summed E-state index contributed by atoms with van der Waals surface area (Å²) in [5, 5.41) is 7.84. The SMILES string of the molecule is CNC(Cc1cc(C)nn1C)C1CCC1. The van der Waals surface area contributed by atoms with Crippen LogP contribution in [0.1, 0.15) is 30.7 Å². The van der Waals surface area contributed by atoms with Crippen LogP contribution in [-0.4, -0.2) is 22.9 Å². The van der Waals surface area contributed by atoms with Gasteiger partial charge in [-0.3, -0.25) is 4.68 Å². The van der Waals surface area contributed by atoms with Gasteiger partial charge in [0.2, 0.25) is 0 Å². The van der Waals surface area contributed by atoms with Crippen molar-refractivity contribution in [2.45, 2.75) is 38.6 Å². The van der Waals surface area contributed by atoms with E-state index in [9.17, 15) is 0 Å². The van der Waals surface area contributed by atoms with Gasteiger partial charge >= 0.3 is 0 Å². The third-order valence-electron chi connectivity index (χ3n) is 3.62. The summed E-state index contributed by atoms with van der Waals surface area (Å²) >= 11 is 0. The van der Waals surface area contributed by atoms with Crippen LogP contribution in [0.15, 0.2) is 6.07 Å². The maximum absolute atomic E-state index is 4.39. The van der Waals surface area contributed by atoms with Crippen molar-refractivity contribution in [1.82, 2.24) is 15.1 Å². The van der Waals surface area contributed by atoms with Crippen LogP contribution in [0.2, 0.25) is 0 Å². The molecule has 3 nitrogen and oxygen atoms in total. The summed E-state index contributed by atoms with van der Waals surface area (Å²) in [5.74, 6) is 0.880. The second-order valence-corrected chi connectivity index (χ2v) is 4.69. The third kappa shape index (κ3) is 2.23. The van der Waals surface area contributed by atoms with Crippen molar-refractivity contribution < 1.29 is 0 Å². The van der Waals surface area contributed by atoms with E-state index < -0.39 is 0 Å². The molecule has 1 aliphatic rings. The van der Waals surface area contributed by atoms with Gasteiger partial charge in [0.05, 0.1) is 5.69 Å². The number of aromatic nitrogens is 2. The second-order valence-electron chi connectivity index (χ2n) is 4.69. The van der Waals surface area contributed by atoms with Gasteiger partial charge in [-0.15, -0.1) is 0 Å². The smallest absolute Gasteiger partial charge is 0.0596 e. The highest BCUT2D eigenvalue weighted by molar-refractivity contribution is 5.10. The molecule has 0 saturated heterocycles. The Morgan fingerprint density at radius 2 is 2.33 bits per heavy atom. The Hall–Kier alpha value is -0.830. The Morgan fingerprint density at radius 1 is 1.60 bits per heavy atom. The summed E-state index contributed by atoms with van der Waals surface area (Å²) in [4.78, 5) is 0. The fraction of sp³-hybridized carbons (Fsp3) is 0.750. The molecule has 0 radical (unpaired) electrons. The van der Waals surface area contributed by atoms with Crippen LogP contribution < -0.4 is 5.32 Å². The number of rotatable bonds is 4. The Labute approximate surface area is 91.9 Å². The minimum absolute atomic E-state index is 0.633. The average Bonchev–Trinajstić information content (AvgIpc) is 2.41. The van der Waals surface area contributed by atoms with E-state index in [0.717, 1.165) is 18.0 Å². The number of aryl methyl sites for hydroxylation is 2. The quantitative estimate of drug-likeness (QED) is 0.813. The molecule has 1 aromatic heterocycles. The van der Waals surface area contributed by atoms with Gasteiger partial charge in [0, 0.05) is 25.2 Å². The van der Waals surface area contributed by atoms with E-state index in [1.165, 1.54) is 25.0 Å². The minimum Gasteiger partial charge on any atom is -0.316 e. The number of hydrogen-bond donors (Lipinski definition) is 1. The Kier molecular flexibility index (Phi) is 3.10. The van der Waals surface area contributed by atoms with Crippen LogP contribution in [0.5, 0.6) is 0 Å². The number of hydrogen-bond acceptors (Lipinski definition) is 2. The predicted molar refractivity (Wildman–Crippen MR) is 61.8 cm³/mol. The first kappa shape index (κ1) is 10.7. The van der Waals surface area contributed by atoms with Gasteiger partial charge in [-0.2, -0.15) is 5.10 Å². The molecule has 15 heavy (non-hydrogen) atoms. The third-order valence-corrected chi connectivity index (χ3v) is 3.62. The second kappa shape index (κ2) is 4.35. The number of nitrogens with one attached hydrogen (secondary N) is 1. The molecule has 1 aliphatic carbocycles. The van der Waals surface area contributed by atoms with Gasteiger partial charge in [0.1, 0.15) is 0 Å². The lowest BCUT2D eigenvalue weighted by Gasteiger charge is -2.33. The van der Waals surface area contributed by atoms with E-state index in [-0.39, 0.29) is 0 Å². The van der Waals surface area contributed by atoms with Crippen LogP contribution in [0.25, 0.3) is 0 Å². The summed E-state index contributed by atoms with van der Waals surface area (Å²) in [6.07, 6.45) is 5.30. The molecule has 3 heteroatoms. The topological polar surface area (TPSA) is 29.9 Å². The molecule has 1 heterocycles. The van der Waals surface area contributed by atoms with Crippen molar-refractivity contribution in [1.29, 1.82) is 0 Å². The van der Waals surface area contributed by atoms with Crippen molar-refractivity contribution >= 4 is 0 Å². The predicted octanol–water partition coefficient (Wildman–Crippen LogP) is 1.66. The first-order valence-electron chi connectivity index (χ1n) is 5.87. The van der Waals surface area contributed by atoms with Gasteiger partial charge in [0.15, 0.2) is 0 Å². The zero-order valence-electron chi connectivity index (χ0n) is 9.95. The largest absolute Gasteiger partial charge is 0.316 e. The number of nitrogens with zero attached hydrogens (tertiary/aromatic N) is 2. The molecule has 0 aliphatic heterocycles. The van der Waals surface area contributed by atoms with E-state index in [2.05, 4.69) is 30.5 Å². The molecule has 1 unspecified atom stereocenters. The zero-order chi connectivity index (χ0) is 10.8. The lowest BCUT2D eigenvalue weighted by Crippen LogP contribution is -2.39. The van der Waals surface area contributed by atoms with Gasteiger partial charge in [-0.1, -0.05) is 6.42 Å². The summed E-state index contributed by atoms with van der Waals surface area (Å²) < 4.78 is 2.01. The molecular weight excluding hydrogens is 186 g/mol. The van der Waals surface area contributed by atoms with Crippen LogP contribution in [0, 0.1) is 12.8 Å². The van der Waals surface area contributed by atoms with Crippen molar-refractivity contribution in [3.63, 3.8) is 0 Å². The molecule has 0 spiro atoms. The molecule has 1 N–H and O–H groups in total. The van der Waals surface area contributed by atoms with Crippen molar-refractivity contribution in [3.8, 4) is 0 Å².